The van der Waals surface area contributed by atoms with Gasteiger partial charge in [-0.3, -0.25) is 9.59 Å². The van der Waals surface area contributed by atoms with Crippen molar-refractivity contribution in [2.75, 3.05) is 11.4 Å². The Morgan fingerprint density at radius 2 is 2.00 bits per heavy atom. The van der Waals surface area contributed by atoms with E-state index < -0.39 is 0 Å². The van der Waals surface area contributed by atoms with Crippen LogP contribution in [0.1, 0.15) is 24.8 Å². The fourth-order valence-corrected chi connectivity index (χ4v) is 3.47. The van der Waals surface area contributed by atoms with Crippen LogP contribution in [0.3, 0.4) is 0 Å². The van der Waals surface area contributed by atoms with Gasteiger partial charge in [0, 0.05) is 31.3 Å². The zero-order valence-corrected chi connectivity index (χ0v) is 15.0. The highest BCUT2D eigenvalue weighted by Crippen LogP contribution is 2.27. The molecule has 6 heteroatoms. The van der Waals surface area contributed by atoms with E-state index in [0.717, 1.165) is 25.1 Å². The van der Waals surface area contributed by atoms with E-state index >= 15 is 0 Å². The summed E-state index contributed by atoms with van der Waals surface area (Å²) in [5.41, 5.74) is 2.67. The van der Waals surface area contributed by atoms with Crippen molar-refractivity contribution < 1.29 is 9.21 Å². The minimum absolute atomic E-state index is 0.0948. The SMILES string of the molecule is O=C(CCCn1nc(-c2ccco2)ccc1=O)N1CCCc2ccccc21. The van der Waals surface area contributed by atoms with Crippen LogP contribution >= 0.6 is 0 Å². The van der Waals surface area contributed by atoms with Crippen LogP contribution in [0.5, 0.6) is 0 Å². The van der Waals surface area contributed by atoms with E-state index in [-0.39, 0.29) is 11.5 Å². The maximum absolute atomic E-state index is 12.7. The summed E-state index contributed by atoms with van der Waals surface area (Å²) in [5, 5.41) is 4.35. The molecule has 1 aromatic carbocycles. The van der Waals surface area contributed by atoms with Crippen LogP contribution in [0, 0.1) is 0 Å². The van der Waals surface area contributed by atoms with Crippen LogP contribution in [0.2, 0.25) is 0 Å². The third kappa shape index (κ3) is 3.69. The van der Waals surface area contributed by atoms with Gasteiger partial charge >= 0.3 is 0 Å². The third-order valence-electron chi connectivity index (χ3n) is 4.81. The zero-order valence-electron chi connectivity index (χ0n) is 15.0. The summed E-state index contributed by atoms with van der Waals surface area (Å²) in [6, 6.07) is 14.8. The highest BCUT2D eigenvalue weighted by Gasteiger charge is 2.21. The number of furan rings is 1. The predicted molar refractivity (Wildman–Crippen MR) is 103 cm³/mol. The monoisotopic (exact) mass is 363 g/mol. The van der Waals surface area contributed by atoms with Gasteiger partial charge in [0.25, 0.3) is 5.56 Å². The van der Waals surface area contributed by atoms with Gasteiger partial charge in [-0.1, -0.05) is 18.2 Å². The normalized spacial score (nSPS) is 13.4. The van der Waals surface area contributed by atoms with E-state index in [0.29, 0.717) is 30.8 Å². The number of aryl methyl sites for hydroxylation is 2. The second-order valence-corrected chi connectivity index (χ2v) is 6.64. The van der Waals surface area contributed by atoms with Crippen LogP contribution in [0.4, 0.5) is 5.69 Å². The van der Waals surface area contributed by atoms with Gasteiger partial charge in [0.15, 0.2) is 5.76 Å². The molecule has 3 aromatic rings. The molecule has 0 saturated carbocycles. The Labute approximate surface area is 157 Å². The van der Waals surface area contributed by atoms with Gasteiger partial charge in [-0.15, -0.1) is 0 Å². The van der Waals surface area contributed by atoms with E-state index in [1.165, 1.54) is 16.3 Å². The van der Waals surface area contributed by atoms with Crippen molar-refractivity contribution in [3.8, 4) is 11.5 Å². The Hall–Kier alpha value is -3.15. The lowest BCUT2D eigenvalue weighted by Gasteiger charge is -2.29. The molecule has 4 rings (SSSR count). The molecule has 3 heterocycles. The lowest BCUT2D eigenvalue weighted by Crippen LogP contribution is -2.35. The molecule has 0 aliphatic carbocycles. The van der Waals surface area contributed by atoms with Crippen molar-refractivity contribution in [1.29, 1.82) is 0 Å². The maximum atomic E-state index is 12.7. The quantitative estimate of drug-likeness (QED) is 0.698. The summed E-state index contributed by atoms with van der Waals surface area (Å²) in [6.07, 6.45) is 4.51. The molecular weight excluding hydrogens is 342 g/mol. The van der Waals surface area contributed by atoms with Gasteiger partial charge < -0.3 is 9.32 Å². The van der Waals surface area contributed by atoms with E-state index in [4.69, 9.17) is 4.42 Å². The number of fused-ring (bicyclic) bond motifs is 1. The molecule has 0 spiro atoms. The number of amides is 1. The first-order chi connectivity index (χ1) is 13.2. The van der Waals surface area contributed by atoms with E-state index in [1.54, 1.807) is 24.5 Å². The Morgan fingerprint density at radius 1 is 1.11 bits per heavy atom. The second kappa shape index (κ2) is 7.61. The number of hydrogen-bond donors (Lipinski definition) is 0. The van der Waals surface area contributed by atoms with Gasteiger partial charge in [-0.25, -0.2) is 4.68 Å². The fourth-order valence-electron chi connectivity index (χ4n) is 3.47. The number of benzene rings is 1. The van der Waals surface area contributed by atoms with Crippen molar-refractivity contribution in [2.24, 2.45) is 0 Å². The van der Waals surface area contributed by atoms with Gasteiger partial charge in [0.1, 0.15) is 5.69 Å². The molecule has 6 nitrogen and oxygen atoms in total. The summed E-state index contributed by atoms with van der Waals surface area (Å²) in [4.78, 5) is 26.6. The summed E-state index contributed by atoms with van der Waals surface area (Å²) in [7, 11) is 0. The molecule has 27 heavy (non-hydrogen) atoms. The Balaban J connectivity index is 1.41. The highest BCUT2D eigenvalue weighted by molar-refractivity contribution is 5.94. The first-order valence-corrected chi connectivity index (χ1v) is 9.23. The average molecular weight is 363 g/mol. The topological polar surface area (TPSA) is 68.3 Å². The zero-order chi connectivity index (χ0) is 18.6. The minimum atomic E-state index is -0.180. The van der Waals surface area contributed by atoms with E-state index in [9.17, 15) is 9.59 Å². The molecular formula is C21H21N3O3. The molecule has 2 aromatic heterocycles. The van der Waals surface area contributed by atoms with Crippen molar-refractivity contribution in [3.05, 3.63) is 70.7 Å². The molecule has 0 unspecified atom stereocenters. The van der Waals surface area contributed by atoms with Crippen LogP contribution in [-0.4, -0.2) is 22.2 Å². The standard InChI is InChI=1S/C21H21N3O3/c25-20(23-13-3-7-16-6-1-2-8-18(16)23)10-4-14-24-21(26)12-11-17(22-24)19-9-5-15-27-19/h1-2,5-6,8-9,11-12,15H,3-4,7,10,13-14H2. The van der Waals surface area contributed by atoms with Crippen LogP contribution < -0.4 is 10.5 Å². The van der Waals surface area contributed by atoms with E-state index in [2.05, 4.69) is 11.2 Å². The molecule has 138 valence electrons. The van der Waals surface area contributed by atoms with Crippen LogP contribution in [0.25, 0.3) is 11.5 Å². The Morgan fingerprint density at radius 3 is 2.85 bits per heavy atom. The number of carbonyl (C=O) groups excluding carboxylic acids is 1. The van der Waals surface area contributed by atoms with Crippen molar-refractivity contribution >= 4 is 11.6 Å². The minimum Gasteiger partial charge on any atom is -0.463 e. The van der Waals surface area contributed by atoms with Crippen molar-refractivity contribution in [2.45, 2.75) is 32.2 Å². The largest absolute Gasteiger partial charge is 0.463 e. The maximum Gasteiger partial charge on any atom is 0.266 e. The first kappa shape index (κ1) is 17.3. The predicted octanol–water partition coefficient (Wildman–Crippen LogP) is 3.26. The molecule has 0 fully saturated rings. The first-order valence-electron chi connectivity index (χ1n) is 9.23. The molecule has 0 atom stereocenters. The lowest BCUT2D eigenvalue weighted by atomic mass is 10.0. The number of rotatable bonds is 5. The van der Waals surface area contributed by atoms with E-state index in [1.807, 2.05) is 23.1 Å². The van der Waals surface area contributed by atoms with Crippen molar-refractivity contribution in [1.82, 2.24) is 9.78 Å². The Bertz CT molecular complexity index is 992. The second-order valence-electron chi connectivity index (χ2n) is 6.64. The van der Waals surface area contributed by atoms with Crippen LogP contribution in [-0.2, 0) is 17.8 Å². The number of aromatic nitrogens is 2. The fraction of sp³-hybridized carbons (Fsp3) is 0.286. The van der Waals surface area contributed by atoms with Crippen LogP contribution in [0.15, 0.2) is 64.0 Å². The molecule has 0 N–H and O–H groups in total. The average Bonchev–Trinajstić information content (AvgIpc) is 3.23. The summed E-state index contributed by atoms with van der Waals surface area (Å²) < 4.78 is 6.73. The van der Waals surface area contributed by atoms with Gasteiger partial charge in [0.2, 0.25) is 5.91 Å². The number of nitrogens with zero attached hydrogens (tertiary/aromatic N) is 3. The molecule has 0 radical (unpaired) electrons. The number of hydrogen-bond acceptors (Lipinski definition) is 4. The molecule has 1 aliphatic heterocycles. The van der Waals surface area contributed by atoms with Crippen molar-refractivity contribution in [3.63, 3.8) is 0 Å². The number of para-hydroxylation sites is 1. The smallest absolute Gasteiger partial charge is 0.266 e. The Kier molecular flexibility index (Phi) is 4.87. The van der Waals surface area contributed by atoms with Gasteiger partial charge in [-0.2, -0.15) is 5.10 Å². The third-order valence-corrected chi connectivity index (χ3v) is 4.81. The van der Waals surface area contributed by atoms with Gasteiger partial charge in [-0.05, 0) is 49.1 Å². The highest BCUT2D eigenvalue weighted by atomic mass is 16.3. The molecule has 1 amide bonds. The number of anilines is 1. The summed E-state index contributed by atoms with van der Waals surface area (Å²) >= 11 is 0. The summed E-state index contributed by atoms with van der Waals surface area (Å²) in [5.74, 6) is 0.710. The van der Waals surface area contributed by atoms with Gasteiger partial charge in [0.05, 0.1) is 6.26 Å². The number of carbonyl (C=O) groups is 1. The lowest BCUT2D eigenvalue weighted by molar-refractivity contribution is -0.118. The molecule has 0 bridgehead atoms. The molecule has 1 aliphatic rings. The summed E-state index contributed by atoms with van der Waals surface area (Å²) in [6.45, 7) is 1.15. The molecule has 0 saturated heterocycles.